The SMILES string of the molecule is C1CNC1.CC(C)(C(=O)NC(N)=O)[C@@H]1c2ccc(-c3ccc(C(=O)N4CCC4)cc3)nc2Oc2c(F)cccc21.CC(C)(C(=O)NC(N)=O)[C@@H]1c2ccc(-c3ccc(OC=O)cc3)nc2Oc2c(F)cccc21.CCN(C(C)C)C(C)C.CN(C)[P+](On1nnc2ccccc21)(N(C)C)N(C)C.F[P-](F)(F)(F)(F)F. The normalized spacial score (nSPS) is 15.4. The molecule has 109 heavy (non-hydrogen) atoms. The number of hydrogen-bond donors (Lipinski definition) is 5. The number of halogens is 8. The van der Waals surface area contributed by atoms with E-state index in [0.717, 1.165) is 42.7 Å². The van der Waals surface area contributed by atoms with Gasteiger partial charge in [-0.25, -0.2) is 28.3 Å². The van der Waals surface area contributed by atoms with E-state index in [1.54, 1.807) is 124 Å². The first kappa shape index (κ1) is 86.4. The molecule has 0 unspecified atom stereocenters. The standard InChI is InChI=1S/C27H25FN4O4.C24H20FN3O5.C12H22N6OP.C8H19N.C3H7N.F6P/c1-27(2,25(34)31-26(29)35)21-17-5-3-6-19(28)22(17)36-23-18(21)11-12-20(30-23)15-7-9-16(10-8-15)24(33)32-13-4-14-32;1-24(2,22(30)28-23(26)31)19-15-4-3-5-17(25)20(15)33-21-16(19)10-11-18(27-21)13-6-8-14(9-7-13)32-12-29;1-15(2)20(16(3)4,17(5)6)19-18-12-10-8-7-9-11(12)13-14-18;1-6-9(7(2)3)8(4)5;1-2-4-3-1;1-7(2,3,4,5)6/h3,5-12,21H,4,13-14H2,1-2H3,(H3,29,31,34,35);3-12,19H,1-2H3,(H3,26,28,30,31);7-10H,1-6H3;7-8H,6H2,1-5H3;4H,1-3H2;/q;;+1;;;-1/t21-;19-;;;;/m00..../s1. The summed E-state index contributed by atoms with van der Waals surface area (Å²) in [7, 11) is -0.761. The molecule has 4 aliphatic heterocycles. The van der Waals surface area contributed by atoms with Crippen molar-refractivity contribution < 1.29 is 81.6 Å². The second-order valence-corrected chi connectivity index (χ2v) is 33.3. The molecule has 7 amide bonds. The third kappa shape index (κ3) is 22.2. The van der Waals surface area contributed by atoms with Gasteiger partial charge in [-0.2, -0.15) is 4.62 Å². The van der Waals surface area contributed by atoms with E-state index in [-0.39, 0.29) is 29.2 Å². The number of urea groups is 2. The number of primary amides is 2. The van der Waals surface area contributed by atoms with Crippen LogP contribution in [0.2, 0.25) is 0 Å². The van der Waals surface area contributed by atoms with Gasteiger partial charge in [0.1, 0.15) is 16.8 Å². The molecule has 25 nitrogen and oxygen atoms in total. The van der Waals surface area contributed by atoms with Crippen LogP contribution in [0.4, 0.5) is 43.6 Å². The number of rotatable bonds is 17. The van der Waals surface area contributed by atoms with Gasteiger partial charge in [-0.05, 0) is 143 Å². The van der Waals surface area contributed by atoms with Crippen molar-refractivity contribution in [3.05, 3.63) is 173 Å². The average molecular weight is 1570 g/mol. The Morgan fingerprint density at radius 3 is 1.39 bits per heavy atom. The van der Waals surface area contributed by atoms with Crippen molar-refractivity contribution in [3.63, 3.8) is 0 Å². The second kappa shape index (κ2) is 34.8. The number of imide groups is 2. The Morgan fingerprint density at radius 1 is 0.624 bits per heavy atom. The molecule has 0 radical (unpaired) electrons. The first-order valence-electron chi connectivity index (χ1n) is 34.5. The van der Waals surface area contributed by atoms with E-state index in [4.69, 9.17) is 30.3 Å². The number of fused-ring (bicyclic) bond motifs is 5. The molecule has 7 N–H and O–H groups in total. The van der Waals surface area contributed by atoms with Crippen molar-refractivity contribution >= 4 is 63.0 Å². The molecule has 12 rings (SSSR count). The Bertz CT molecular complexity index is 4510. The number of amides is 7. The number of carbonyl (C=O) groups is 6. The van der Waals surface area contributed by atoms with Crippen molar-refractivity contribution in [3.8, 4) is 51.5 Å². The maximum absolute atomic E-state index is 14.8. The Morgan fingerprint density at radius 2 is 1.04 bits per heavy atom. The van der Waals surface area contributed by atoms with E-state index >= 15 is 0 Å². The first-order chi connectivity index (χ1) is 50.8. The number of carbonyl (C=O) groups excluding carboxylic acids is 6. The number of benzene rings is 5. The van der Waals surface area contributed by atoms with Crippen LogP contribution in [0.1, 0.15) is 120 Å². The van der Waals surface area contributed by atoms with E-state index < -0.39 is 73.9 Å². The van der Waals surface area contributed by atoms with Crippen LogP contribution in [0.5, 0.6) is 29.0 Å². The predicted octanol–water partition coefficient (Wildman–Crippen LogP) is 14.8. The van der Waals surface area contributed by atoms with E-state index in [2.05, 4.69) is 89.8 Å². The van der Waals surface area contributed by atoms with Crippen LogP contribution in [-0.4, -0.2) is 172 Å². The zero-order valence-corrected chi connectivity index (χ0v) is 65.0. The zero-order chi connectivity index (χ0) is 81.0. The Balaban J connectivity index is 0.000000206. The third-order valence-electron chi connectivity index (χ3n) is 17.9. The fourth-order valence-electron chi connectivity index (χ4n) is 12.5. The molecule has 2 fully saturated rings. The summed E-state index contributed by atoms with van der Waals surface area (Å²) in [6.07, 6.45) is 2.41. The molecule has 2 atom stereocenters. The molecule has 0 saturated carbocycles. The van der Waals surface area contributed by atoms with E-state index in [1.807, 2.05) is 66.6 Å². The number of nitrogens with one attached hydrogen (secondary N) is 3. The van der Waals surface area contributed by atoms with Crippen molar-refractivity contribution in [1.82, 2.24) is 64.9 Å². The van der Waals surface area contributed by atoms with Gasteiger partial charge in [0.05, 0.1) is 22.2 Å². The zero-order valence-electron chi connectivity index (χ0n) is 63.2. The Labute approximate surface area is 627 Å². The number of ether oxygens (including phenoxy) is 3. The van der Waals surface area contributed by atoms with Gasteiger partial charge < -0.3 is 35.9 Å². The van der Waals surface area contributed by atoms with Gasteiger partial charge >= 0.3 is 53.0 Å². The monoisotopic (exact) mass is 1570 g/mol. The molecule has 5 aromatic carbocycles. The molecule has 0 aliphatic carbocycles. The topological polar surface area (TPSA) is 300 Å². The number of para-hydroxylation sites is 3. The predicted molar refractivity (Wildman–Crippen MR) is 402 cm³/mol. The summed E-state index contributed by atoms with van der Waals surface area (Å²) >= 11 is 0. The minimum absolute atomic E-state index is 0.000858. The van der Waals surface area contributed by atoms with E-state index in [9.17, 15) is 62.7 Å². The number of nitrogens with two attached hydrogens (primary N) is 2. The molecule has 590 valence electrons. The fraction of sp³-hybridized carbons (Fsp3) is 0.378. The van der Waals surface area contributed by atoms with Gasteiger partial charge in [-0.3, -0.25) is 34.7 Å². The van der Waals surface area contributed by atoms with Gasteiger partial charge in [0.15, 0.2) is 23.1 Å². The summed E-state index contributed by atoms with van der Waals surface area (Å²) in [5.74, 6) is -3.11. The third-order valence-corrected chi connectivity index (χ3v) is 21.4. The summed E-state index contributed by atoms with van der Waals surface area (Å²) in [6, 6.07) is 37.0. The van der Waals surface area contributed by atoms with Crippen LogP contribution in [0.25, 0.3) is 33.5 Å². The summed E-state index contributed by atoms with van der Waals surface area (Å²) in [5, 5.41) is 15.6. The fourth-order valence-corrected chi connectivity index (χ4v) is 15.4. The van der Waals surface area contributed by atoms with Crippen LogP contribution in [-0.2, 0) is 14.4 Å². The maximum atomic E-state index is 14.8. The van der Waals surface area contributed by atoms with Crippen LogP contribution >= 0.6 is 15.8 Å². The molecule has 35 heteroatoms. The van der Waals surface area contributed by atoms with Crippen molar-refractivity contribution in [2.45, 2.75) is 99.1 Å². The van der Waals surface area contributed by atoms with Crippen molar-refractivity contribution in [1.29, 1.82) is 0 Å². The van der Waals surface area contributed by atoms with E-state index in [1.165, 1.54) is 42.6 Å². The van der Waals surface area contributed by atoms with Gasteiger partial charge in [0.2, 0.25) is 23.6 Å². The number of likely N-dealkylation sites (tertiary alicyclic amines) is 1. The molecular formula is C74H93F8N15O10P2. The molecule has 7 heterocycles. The van der Waals surface area contributed by atoms with Gasteiger partial charge in [0, 0.05) is 118 Å². The second-order valence-electron chi connectivity index (χ2n) is 27.8. The van der Waals surface area contributed by atoms with Crippen LogP contribution < -0.4 is 46.3 Å². The Kier molecular flexibility index (Phi) is 27.6. The quantitative estimate of drug-likeness (QED) is 0.0321. The number of hydrogen-bond acceptors (Lipinski definition) is 19. The van der Waals surface area contributed by atoms with Crippen LogP contribution in [0.3, 0.4) is 0 Å². The molecule has 4 aliphatic rings. The molecule has 0 bridgehead atoms. The number of nitrogens with zero attached hydrogens (tertiary/aromatic N) is 10. The van der Waals surface area contributed by atoms with Crippen LogP contribution in [0.15, 0.2) is 133 Å². The molecular weight excluding hydrogens is 1470 g/mol. The number of aromatic nitrogens is 5. The van der Waals surface area contributed by atoms with Crippen molar-refractivity contribution in [2.24, 2.45) is 22.3 Å². The first-order valence-corrected chi connectivity index (χ1v) is 38.1. The molecule has 0 spiro atoms. The van der Waals surface area contributed by atoms with Gasteiger partial charge in [-0.1, -0.05) is 95.3 Å². The van der Waals surface area contributed by atoms with E-state index in [0.29, 0.717) is 69.1 Å². The summed E-state index contributed by atoms with van der Waals surface area (Å²) in [6.45, 7) is 23.3. The molecule has 2 saturated heterocycles. The molecule has 3 aromatic heterocycles. The van der Waals surface area contributed by atoms with Gasteiger partial charge in [0.25, 0.3) is 12.4 Å². The average Bonchev–Trinajstić information content (AvgIpc) is 1.06. The van der Waals surface area contributed by atoms with Crippen LogP contribution in [0, 0.1) is 22.5 Å². The summed E-state index contributed by atoms with van der Waals surface area (Å²) < 4.78 is 118. The minimum atomic E-state index is -10.7. The number of pyridine rings is 2. The molecule has 8 aromatic rings. The Hall–Kier alpha value is -9.88. The summed E-state index contributed by atoms with van der Waals surface area (Å²) in [4.78, 5) is 86.4. The van der Waals surface area contributed by atoms with Gasteiger partial charge in [-0.15, -0.1) is 19.1 Å². The van der Waals surface area contributed by atoms with Crippen molar-refractivity contribution in [2.75, 3.05) is 75.0 Å². The summed E-state index contributed by atoms with van der Waals surface area (Å²) in [5.41, 5.74) is 14.8.